The second-order valence-corrected chi connectivity index (χ2v) is 5.21. The average Bonchev–Trinajstić information content (AvgIpc) is 2.75. The van der Waals surface area contributed by atoms with Crippen LogP contribution in [0.3, 0.4) is 0 Å². The van der Waals surface area contributed by atoms with Crippen molar-refractivity contribution in [1.29, 1.82) is 0 Å². The van der Waals surface area contributed by atoms with Gasteiger partial charge in [-0.1, -0.05) is 23.2 Å². The highest BCUT2D eigenvalue weighted by Gasteiger charge is 2.10. The average molecular weight is 351 g/mol. The fourth-order valence-electron chi connectivity index (χ4n) is 1.58. The molecule has 1 atom stereocenters. The molecule has 9 heteroatoms. The Morgan fingerprint density at radius 3 is 2.81 bits per heavy atom. The normalized spacial score (nSPS) is 11.6. The molecule has 3 N–H and O–H groups in total. The van der Waals surface area contributed by atoms with Crippen LogP contribution in [0.5, 0.6) is 0 Å². The summed E-state index contributed by atoms with van der Waals surface area (Å²) in [4.78, 5) is 15.7. The first kappa shape index (κ1) is 17.7. The number of amides is 1. The van der Waals surface area contributed by atoms with E-state index in [4.69, 9.17) is 28.9 Å². The van der Waals surface area contributed by atoms with Gasteiger partial charge in [0.25, 0.3) is 0 Å². The van der Waals surface area contributed by atoms with Gasteiger partial charge in [0.15, 0.2) is 5.82 Å². The van der Waals surface area contributed by atoms with Crippen LogP contribution >= 0.6 is 35.6 Å². The molecule has 0 spiro atoms. The Hall–Kier alpha value is -1.34. The number of anilines is 1. The van der Waals surface area contributed by atoms with Gasteiger partial charge in [0.05, 0.1) is 28.1 Å². The van der Waals surface area contributed by atoms with Gasteiger partial charge in [-0.25, -0.2) is 9.67 Å². The standard InChI is InChI=1S/C12H13Cl2N5O.ClH/c1-7(15)2-11(20)18-9-5-17-19(6-9)12-10(14)3-8(13)4-16-12;/h3-7H,2,15H2,1H3,(H,18,20);1H. The Balaban J connectivity index is 0.00000220. The summed E-state index contributed by atoms with van der Waals surface area (Å²) in [7, 11) is 0. The zero-order valence-electron chi connectivity index (χ0n) is 11.1. The molecule has 2 aromatic heterocycles. The van der Waals surface area contributed by atoms with Crippen molar-refractivity contribution in [3.63, 3.8) is 0 Å². The van der Waals surface area contributed by atoms with Crippen molar-refractivity contribution >= 4 is 47.2 Å². The number of nitrogens with two attached hydrogens (primary N) is 1. The van der Waals surface area contributed by atoms with Gasteiger partial charge in [0.1, 0.15) is 0 Å². The summed E-state index contributed by atoms with van der Waals surface area (Å²) in [6, 6.07) is 1.37. The Bertz CT molecular complexity index is 629. The zero-order chi connectivity index (χ0) is 14.7. The molecule has 0 aliphatic heterocycles. The second-order valence-electron chi connectivity index (χ2n) is 4.36. The minimum absolute atomic E-state index is 0. The SMILES string of the molecule is CC(N)CC(=O)Nc1cnn(-c2ncc(Cl)cc2Cl)c1.Cl. The van der Waals surface area contributed by atoms with Gasteiger partial charge < -0.3 is 11.1 Å². The Kier molecular flexibility index (Phi) is 6.42. The highest BCUT2D eigenvalue weighted by Crippen LogP contribution is 2.22. The number of halogens is 3. The molecule has 0 fully saturated rings. The van der Waals surface area contributed by atoms with E-state index in [9.17, 15) is 4.79 Å². The summed E-state index contributed by atoms with van der Waals surface area (Å²) in [5.41, 5.74) is 6.10. The smallest absolute Gasteiger partial charge is 0.226 e. The van der Waals surface area contributed by atoms with Crippen molar-refractivity contribution in [2.24, 2.45) is 5.73 Å². The van der Waals surface area contributed by atoms with Crippen molar-refractivity contribution in [1.82, 2.24) is 14.8 Å². The highest BCUT2D eigenvalue weighted by molar-refractivity contribution is 6.35. The van der Waals surface area contributed by atoms with Gasteiger partial charge in [-0.3, -0.25) is 4.79 Å². The molecular formula is C12H14Cl3N5O. The maximum Gasteiger partial charge on any atom is 0.226 e. The lowest BCUT2D eigenvalue weighted by Crippen LogP contribution is -2.23. The van der Waals surface area contributed by atoms with Gasteiger partial charge >= 0.3 is 0 Å². The van der Waals surface area contributed by atoms with E-state index in [1.807, 2.05) is 0 Å². The number of nitrogens with zero attached hydrogens (tertiary/aromatic N) is 3. The van der Waals surface area contributed by atoms with E-state index in [-0.39, 0.29) is 30.8 Å². The number of rotatable bonds is 4. The molecule has 2 aromatic rings. The summed E-state index contributed by atoms with van der Waals surface area (Å²) in [6.45, 7) is 1.76. The van der Waals surface area contributed by atoms with E-state index in [0.29, 0.717) is 21.6 Å². The Labute approximate surface area is 138 Å². The third-order valence-corrected chi connectivity index (χ3v) is 2.86. The molecule has 21 heavy (non-hydrogen) atoms. The first-order chi connectivity index (χ1) is 9.45. The van der Waals surface area contributed by atoms with Crippen LogP contribution in [0.15, 0.2) is 24.7 Å². The van der Waals surface area contributed by atoms with Crippen LogP contribution in [0.25, 0.3) is 5.82 Å². The lowest BCUT2D eigenvalue weighted by atomic mass is 10.2. The van der Waals surface area contributed by atoms with Crippen molar-refractivity contribution in [3.05, 3.63) is 34.7 Å². The van der Waals surface area contributed by atoms with Crippen LogP contribution in [0.4, 0.5) is 5.69 Å². The van der Waals surface area contributed by atoms with E-state index < -0.39 is 0 Å². The summed E-state index contributed by atoms with van der Waals surface area (Å²) in [5.74, 6) is 0.262. The number of aromatic nitrogens is 3. The van der Waals surface area contributed by atoms with Crippen LogP contribution in [-0.2, 0) is 4.79 Å². The molecule has 0 saturated heterocycles. The maximum atomic E-state index is 11.6. The summed E-state index contributed by atoms with van der Waals surface area (Å²) >= 11 is 11.8. The van der Waals surface area contributed by atoms with Crippen molar-refractivity contribution < 1.29 is 4.79 Å². The number of nitrogens with one attached hydrogen (secondary N) is 1. The van der Waals surface area contributed by atoms with E-state index in [1.54, 1.807) is 19.2 Å². The Morgan fingerprint density at radius 1 is 1.48 bits per heavy atom. The van der Waals surface area contributed by atoms with Gasteiger partial charge in [0.2, 0.25) is 5.91 Å². The van der Waals surface area contributed by atoms with Crippen LogP contribution in [0, 0.1) is 0 Å². The van der Waals surface area contributed by atoms with Gasteiger partial charge in [-0.15, -0.1) is 12.4 Å². The predicted octanol–water partition coefficient (Wildman–Crippen LogP) is 2.67. The monoisotopic (exact) mass is 349 g/mol. The van der Waals surface area contributed by atoms with Crippen LogP contribution in [0.1, 0.15) is 13.3 Å². The molecule has 0 aliphatic rings. The lowest BCUT2D eigenvalue weighted by molar-refractivity contribution is -0.116. The largest absolute Gasteiger partial charge is 0.327 e. The van der Waals surface area contributed by atoms with Crippen molar-refractivity contribution in [3.8, 4) is 5.82 Å². The van der Waals surface area contributed by atoms with Crippen molar-refractivity contribution in [2.75, 3.05) is 5.32 Å². The second kappa shape index (κ2) is 7.61. The Morgan fingerprint density at radius 2 is 2.19 bits per heavy atom. The number of carbonyl (C=O) groups is 1. The molecule has 0 saturated carbocycles. The first-order valence-electron chi connectivity index (χ1n) is 5.87. The van der Waals surface area contributed by atoms with E-state index in [0.717, 1.165) is 0 Å². The molecular weight excluding hydrogens is 337 g/mol. The van der Waals surface area contributed by atoms with Crippen LogP contribution in [0.2, 0.25) is 10.0 Å². The number of pyridine rings is 1. The van der Waals surface area contributed by atoms with E-state index >= 15 is 0 Å². The number of hydrogen-bond acceptors (Lipinski definition) is 4. The minimum atomic E-state index is -0.197. The van der Waals surface area contributed by atoms with Gasteiger partial charge in [-0.05, 0) is 13.0 Å². The molecule has 0 aliphatic carbocycles. The third kappa shape index (κ3) is 4.86. The molecule has 114 valence electrons. The molecule has 1 amide bonds. The zero-order valence-corrected chi connectivity index (χ0v) is 13.4. The summed E-state index contributed by atoms with van der Waals surface area (Å²) in [5, 5.41) is 7.60. The fourth-order valence-corrected chi connectivity index (χ4v) is 2.05. The molecule has 0 radical (unpaired) electrons. The first-order valence-corrected chi connectivity index (χ1v) is 6.63. The molecule has 6 nitrogen and oxygen atoms in total. The topological polar surface area (TPSA) is 85.8 Å². The lowest BCUT2D eigenvalue weighted by Gasteiger charge is -2.05. The maximum absolute atomic E-state index is 11.6. The number of carbonyl (C=O) groups excluding carboxylic acids is 1. The van der Waals surface area contributed by atoms with Gasteiger partial charge in [-0.2, -0.15) is 5.10 Å². The number of hydrogen-bond donors (Lipinski definition) is 2. The molecule has 2 rings (SSSR count). The summed E-state index contributed by atoms with van der Waals surface area (Å²) < 4.78 is 1.46. The van der Waals surface area contributed by atoms with Gasteiger partial charge in [0, 0.05) is 18.7 Å². The van der Waals surface area contributed by atoms with Crippen LogP contribution in [-0.4, -0.2) is 26.7 Å². The third-order valence-electron chi connectivity index (χ3n) is 2.38. The molecule has 0 bridgehead atoms. The molecule has 2 heterocycles. The fraction of sp³-hybridized carbons (Fsp3) is 0.250. The summed E-state index contributed by atoms with van der Waals surface area (Å²) in [6.07, 6.45) is 4.83. The van der Waals surface area contributed by atoms with Crippen LogP contribution < -0.4 is 11.1 Å². The van der Waals surface area contributed by atoms with E-state index in [2.05, 4.69) is 15.4 Å². The quantitative estimate of drug-likeness (QED) is 0.887. The van der Waals surface area contributed by atoms with E-state index in [1.165, 1.54) is 17.1 Å². The highest BCUT2D eigenvalue weighted by atomic mass is 35.5. The minimum Gasteiger partial charge on any atom is -0.327 e. The molecule has 0 aromatic carbocycles. The van der Waals surface area contributed by atoms with Crippen molar-refractivity contribution in [2.45, 2.75) is 19.4 Å². The predicted molar refractivity (Wildman–Crippen MR) is 85.5 cm³/mol. The molecule has 1 unspecified atom stereocenters.